The molecule has 2 unspecified atom stereocenters. The maximum atomic E-state index is 4.02. The van der Waals surface area contributed by atoms with Gasteiger partial charge in [0.15, 0.2) is 0 Å². The van der Waals surface area contributed by atoms with Crippen molar-refractivity contribution >= 4 is 31.9 Å². The number of fused-ring (bicyclic) bond motifs is 3. The molecule has 2 aromatic carbocycles. The highest BCUT2D eigenvalue weighted by molar-refractivity contribution is 9.10. The van der Waals surface area contributed by atoms with Crippen molar-refractivity contribution in [2.75, 3.05) is 0 Å². The van der Waals surface area contributed by atoms with Crippen LogP contribution in [0.25, 0.3) is 11.1 Å². The first-order chi connectivity index (χ1) is 17.1. The molecule has 0 saturated heterocycles. The van der Waals surface area contributed by atoms with E-state index in [4.69, 9.17) is 0 Å². The molecular weight excluding hydrogens is 556 g/mol. The van der Waals surface area contributed by atoms with Gasteiger partial charge >= 0.3 is 0 Å². The van der Waals surface area contributed by atoms with Gasteiger partial charge in [0.2, 0.25) is 0 Å². The second-order valence-electron chi connectivity index (χ2n) is 10.9. The fourth-order valence-corrected chi connectivity index (χ4v) is 7.47. The van der Waals surface area contributed by atoms with Crippen LogP contribution >= 0.6 is 31.9 Å². The standard InChI is InChI=1S/C33H48Br2/c1-3-5-7-9-10-11-12-16-25-33(26-18-20-27(34)19-13-8-6-4-2)29-22-15-14-21-28(29)32-30(33)23-17-24-31(32)35/h14-15,17,21-24,27H,3-13,16,18-20,25-26H2,1-2H3. The summed E-state index contributed by atoms with van der Waals surface area (Å²) in [5.74, 6) is 0. The quantitative estimate of drug-likeness (QED) is 0.117. The Morgan fingerprint density at radius 2 is 1.20 bits per heavy atom. The van der Waals surface area contributed by atoms with Crippen LogP contribution in [0.1, 0.15) is 134 Å². The first-order valence-corrected chi connectivity index (χ1v) is 16.4. The van der Waals surface area contributed by atoms with Crippen molar-refractivity contribution in [3.05, 3.63) is 58.1 Å². The number of alkyl halides is 1. The van der Waals surface area contributed by atoms with Gasteiger partial charge in [-0.25, -0.2) is 0 Å². The third kappa shape index (κ3) is 7.94. The van der Waals surface area contributed by atoms with Crippen LogP contribution in [0.3, 0.4) is 0 Å². The Morgan fingerprint density at radius 3 is 1.94 bits per heavy atom. The molecule has 0 N–H and O–H groups in total. The monoisotopic (exact) mass is 602 g/mol. The first-order valence-electron chi connectivity index (χ1n) is 14.7. The van der Waals surface area contributed by atoms with Gasteiger partial charge in [-0.3, -0.25) is 0 Å². The van der Waals surface area contributed by atoms with Crippen molar-refractivity contribution in [3.8, 4) is 11.1 Å². The number of hydrogen-bond donors (Lipinski definition) is 0. The Balaban J connectivity index is 1.69. The molecule has 0 spiro atoms. The summed E-state index contributed by atoms with van der Waals surface area (Å²) in [5, 5.41) is 0. The second kappa shape index (κ2) is 15.6. The van der Waals surface area contributed by atoms with Crippen LogP contribution in [0.4, 0.5) is 0 Å². The van der Waals surface area contributed by atoms with Crippen molar-refractivity contribution in [1.82, 2.24) is 0 Å². The predicted molar refractivity (Wildman–Crippen MR) is 163 cm³/mol. The van der Waals surface area contributed by atoms with Crippen molar-refractivity contribution in [2.24, 2.45) is 0 Å². The molecule has 0 bridgehead atoms. The Bertz CT molecular complexity index is 873. The SMILES string of the molecule is CCCCCCCCCCC1(CCCC(Br)CCCCCC)c2ccccc2-c2c(Br)cccc21. The molecule has 1 aliphatic rings. The summed E-state index contributed by atoms with van der Waals surface area (Å²) in [6.45, 7) is 4.60. The first kappa shape index (κ1) is 29.0. The number of benzene rings is 2. The van der Waals surface area contributed by atoms with Gasteiger partial charge in [0, 0.05) is 20.3 Å². The van der Waals surface area contributed by atoms with Gasteiger partial charge in [0.25, 0.3) is 0 Å². The molecule has 0 saturated carbocycles. The molecule has 0 nitrogen and oxygen atoms in total. The van der Waals surface area contributed by atoms with E-state index in [0.29, 0.717) is 4.83 Å². The minimum absolute atomic E-state index is 0.173. The molecular formula is C33H48Br2. The highest BCUT2D eigenvalue weighted by atomic mass is 79.9. The zero-order chi connectivity index (χ0) is 24.9. The van der Waals surface area contributed by atoms with Crippen LogP contribution in [0.15, 0.2) is 46.9 Å². The second-order valence-corrected chi connectivity index (χ2v) is 13.0. The lowest BCUT2D eigenvalue weighted by atomic mass is 9.70. The lowest BCUT2D eigenvalue weighted by molar-refractivity contribution is 0.399. The van der Waals surface area contributed by atoms with E-state index in [0.717, 1.165) is 0 Å². The molecule has 0 aliphatic heterocycles. The molecule has 194 valence electrons. The van der Waals surface area contributed by atoms with E-state index in [1.807, 2.05) is 0 Å². The highest BCUT2D eigenvalue weighted by Crippen LogP contribution is 2.56. The molecule has 0 fully saturated rings. The van der Waals surface area contributed by atoms with Gasteiger partial charge < -0.3 is 0 Å². The van der Waals surface area contributed by atoms with Gasteiger partial charge in [-0.2, -0.15) is 0 Å². The topological polar surface area (TPSA) is 0 Å². The van der Waals surface area contributed by atoms with E-state index >= 15 is 0 Å². The minimum Gasteiger partial charge on any atom is -0.0891 e. The Hall–Kier alpha value is -0.600. The van der Waals surface area contributed by atoms with Crippen molar-refractivity contribution < 1.29 is 0 Å². The average Bonchev–Trinajstić information content (AvgIpc) is 3.15. The summed E-state index contributed by atoms with van der Waals surface area (Å²) in [6.07, 6.45) is 23.0. The van der Waals surface area contributed by atoms with Gasteiger partial charge in [0.05, 0.1) is 0 Å². The zero-order valence-corrected chi connectivity index (χ0v) is 25.6. The van der Waals surface area contributed by atoms with E-state index in [2.05, 4.69) is 88.2 Å². The number of unbranched alkanes of at least 4 members (excludes halogenated alkanes) is 10. The van der Waals surface area contributed by atoms with Gasteiger partial charge in [-0.05, 0) is 48.4 Å². The van der Waals surface area contributed by atoms with E-state index in [-0.39, 0.29) is 5.41 Å². The zero-order valence-electron chi connectivity index (χ0n) is 22.4. The van der Waals surface area contributed by atoms with Crippen LogP contribution < -0.4 is 0 Å². The van der Waals surface area contributed by atoms with Crippen LogP contribution in [-0.4, -0.2) is 4.83 Å². The normalized spacial score (nSPS) is 17.4. The molecule has 0 aromatic heterocycles. The number of rotatable bonds is 18. The molecule has 3 rings (SSSR count). The average molecular weight is 605 g/mol. The molecule has 2 atom stereocenters. The van der Waals surface area contributed by atoms with E-state index in [1.165, 1.54) is 125 Å². The summed E-state index contributed by atoms with van der Waals surface area (Å²) < 4.78 is 1.26. The van der Waals surface area contributed by atoms with Crippen LogP contribution in [0.2, 0.25) is 0 Å². The van der Waals surface area contributed by atoms with Gasteiger partial charge in [-0.1, -0.05) is 166 Å². The fourth-order valence-electron chi connectivity index (χ4n) is 6.25. The van der Waals surface area contributed by atoms with Crippen molar-refractivity contribution in [2.45, 2.75) is 133 Å². The van der Waals surface area contributed by atoms with E-state index in [9.17, 15) is 0 Å². The van der Waals surface area contributed by atoms with Crippen molar-refractivity contribution in [1.29, 1.82) is 0 Å². The van der Waals surface area contributed by atoms with Crippen LogP contribution in [0, 0.1) is 0 Å². The predicted octanol–water partition coefficient (Wildman–Crippen LogP) is 12.2. The maximum absolute atomic E-state index is 4.02. The third-order valence-electron chi connectivity index (χ3n) is 8.19. The third-order valence-corrected chi connectivity index (χ3v) is 9.77. The summed E-state index contributed by atoms with van der Waals surface area (Å²) in [6, 6.07) is 16.2. The molecule has 35 heavy (non-hydrogen) atoms. The molecule has 2 heteroatoms. The van der Waals surface area contributed by atoms with Crippen molar-refractivity contribution in [3.63, 3.8) is 0 Å². The maximum Gasteiger partial charge on any atom is 0.0256 e. The Labute approximate surface area is 233 Å². The molecule has 0 heterocycles. The van der Waals surface area contributed by atoms with Gasteiger partial charge in [0.1, 0.15) is 0 Å². The minimum atomic E-state index is 0.173. The Kier molecular flexibility index (Phi) is 12.9. The van der Waals surface area contributed by atoms with Gasteiger partial charge in [-0.15, -0.1) is 0 Å². The largest absolute Gasteiger partial charge is 0.0891 e. The summed E-state index contributed by atoms with van der Waals surface area (Å²) in [4.78, 5) is 0.665. The molecule has 0 radical (unpaired) electrons. The Morgan fingerprint density at radius 1 is 0.629 bits per heavy atom. The van der Waals surface area contributed by atoms with E-state index in [1.54, 1.807) is 11.1 Å². The summed E-state index contributed by atoms with van der Waals surface area (Å²) in [5.41, 5.74) is 6.25. The lowest BCUT2D eigenvalue weighted by Crippen LogP contribution is -2.25. The van der Waals surface area contributed by atoms with Crippen LogP contribution in [-0.2, 0) is 5.41 Å². The molecule has 2 aromatic rings. The fraction of sp³-hybridized carbons (Fsp3) is 0.636. The molecule has 0 amide bonds. The molecule has 1 aliphatic carbocycles. The van der Waals surface area contributed by atoms with Crippen LogP contribution in [0.5, 0.6) is 0 Å². The number of hydrogen-bond acceptors (Lipinski definition) is 0. The summed E-state index contributed by atoms with van der Waals surface area (Å²) in [7, 11) is 0. The highest BCUT2D eigenvalue weighted by Gasteiger charge is 2.42. The van der Waals surface area contributed by atoms with E-state index < -0.39 is 0 Å². The lowest BCUT2D eigenvalue weighted by Gasteiger charge is -2.33. The number of halogens is 2. The summed E-state index contributed by atoms with van der Waals surface area (Å²) >= 11 is 7.94. The smallest absolute Gasteiger partial charge is 0.0256 e.